The minimum atomic E-state index is -4.18. The molecule has 3 aromatic rings. The molecule has 0 aliphatic rings. The number of rotatable bonds is 12. The smallest absolute Gasteiger partial charge is 0.264 e. The molecule has 0 fully saturated rings. The fourth-order valence-electron chi connectivity index (χ4n) is 3.99. The first-order chi connectivity index (χ1) is 18.6. The Hall–Kier alpha value is -3.56. The van der Waals surface area contributed by atoms with Crippen LogP contribution in [0.5, 0.6) is 5.75 Å². The van der Waals surface area contributed by atoms with E-state index >= 15 is 0 Å². The molecule has 0 saturated carbocycles. The summed E-state index contributed by atoms with van der Waals surface area (Å²) < 4.78 is 34.4. The number of aryl methyl sites for hydroxylation is 1. The SMILES string of the molecule is CCCNC(=O)C(C)N(Cc1ccc(Cl)cc1)C(=O)CN(c1cc(C)ccc1OC)S(=O)(=O)c1ccccc1. The number of carbonyl (C=O) groups is 2. The maximum absolute atomic E-state index is 14.0. The van der Waals surface area contributed by atoms with E-state index in [4.69, 9.17) is 16.3 Å². The fraction of sp³-hybridized carbons (Fsp3) is 0.310. The average molecular weight is 572 g/mol. The molecule has 0 aromatic heterocycles. The molecule has 1 N–H and O–H groups in total. The third-order valence-corrected chi connectivity index (χ3v) is 8.22. The standard InChI is InChI=1S/C29H34ClN3O5S/c1-5-17-31-29(35)22(3)32(19-23-12-14-24(30)15-13-23)28(34)20-33(26-18-21(2)11-16-27(26)38-4)39(36,37)25-9-7-6-8-10-25/h6-16,18,22H,5,17,19-20H2,1-4H3,(H,31,35). The number of nitrogens with one attached hydrogen (secondary N) is 1. The topological polar surface area (TPSA) is 96.0 Å². The Morgan fingerprint density at radius 2 is 1.69 bits per heavy atom. The lowest BCUT2D eigenvalue weighted by molar-refractivity contribution is -0.139. The minimum absolute atomic E-state index is 0.0272. The molecule has 2 amide bonds. The summed E-state index contributed by atoms with van der Waals surface area (Å²) >= 11 is 6.04. The predicted octanol–water partition coefficient (Wildman–Crippen LogP) is 4.80. The van der Waals surface area contributed by atoms with Crippen molar-refractivity contribution in [1.82, 2.24) is 10.2 Å². The van der Waals surface area contributed by atoms with E-state index in [1.165, 1.54) is 24.1 Å². The number of halogens is 1. The number of benzene rings is 3. The number of nitrogens with zero attached hydrogens (tertiary/aromatic N) is 2. The van der Waals surface area contributed by atoms with Gasteiger partial charge in [0.1, 0.15) is 18.3 Å². The van der Waals surface area contributed by atoms with Crippen LogP contribution >= 0.6 is 11.6 Å². The molecular formula is C29H34ClN3O5S. The van der Waals surface area contributed by atoms with Crippen LogP contribution in [-0.2, 0) is 26.2 Å². The van der Waals surface area contributed by atoms with Gasteiger partial charge in [0.05, 0.1) is 17.7 Å². The van der Waals surface area contributed by atoms with E-state index in [1.54, 1.807) is 67.6 Å². The third-order valence-electron chi connectivity index (χ3n) is 6.20. The second kappa shape index (κ2) is 13.5. The van der Waals surface area contributed by atoms with Crippen molar-refractivity contribution in [2.45, 2.75) is 44.7 Å². The highest BCUT2D eigenvalue weighted by Crippen LogP contribution is 2.33. The quantitative estimate of drug-likeness (QED) is 0.337. The highest BCUT2D eigenvalue weighted by atomic mass is 35.5. The first-order valence-corrected chi connectivity index (χ1v) is 14.4. The summed E-state index contributed by atoms with van der Waals surface area (Å²) in [5.74, 6) is -0.581. The van der Waals surface area contributed by atoms with Gasteiger partial charge in [0, 0.05) is 18.1 Å². The Kier molecular flexibility index (Phi) is 10.4. The van der Waals surface area contributed by atoms with Crippen molar-refractivity contribution in [3.8, 4) is 5.75 Å². The zero-order chi connectivity index (χ0) is 28.6. The van der Waals surface area contributed by atoms with Gasteiger partial charge < -0.3 is 15.0 Å². The molecule has 3 aromatic carbocycles. The van der Waals surface area contributed by atoms with Crippen LogP contribution in [0.1, 0.15) is 31.4 Å². The van der Waals surface area contributed by atoms with Crippen LogP contribution in [0.3, 0.4) is 0 Å². The van der Waals surface area contributed by atoms with Gasteiger partial charge in [-0.05, 0) is 67.8 Å². The number of hydrogen-bond donors (Lipinski definition) is 1. The van der Waals surface area contributed by atoms with Crippen LogP contribution in [0.4, 0.5) is 5.69 Å². The number of hydrogen-bond acceptors (Lipinski definition) is 5. The van der Waals surface area contributed by atoms with Gasteiger partial charge in [0.25, 0.3) is 10.0 Å². The van der Waals surface area contributed by atoms with Crippen LogP contribution in [0, 0.1) is 6.92 Å². The van der Waals surface area contributed by atoms with Crippen LogP contribution < -0.4 is 14.4 Å². The first-order valence-electron chi connectivity index (χ1n) is 12.6. The normalized spacial score (nSPS) is 11.9. The van der Waals surface area contributed by atoms with E-state index in [0.29, 0.717) is 17.3 Å². The van der Waals surface area contributed by atoms with E-state index in [2.05, 4.69) is 5.32 Å². The molecule has 0 saturated heterocycles. The summed E-state index contributed by atoms with van der Waals surface area (Å²) in [6, 6.07) is 19.1. The lowest BCUT2D eigenvalue weighted by Crippen LogP contribution is -2.51. The summed E-state index contributed by atoms with van der Waals surface area (Å²) in [6.45, 7) is 5.38. The van der Waals surface area contributed by atoms with Crippen molar-refractivity contribution in [2.75, 3.05) is 24.5 Å². The largest absolute Gasteiger partial charge is 0.495 e. The fourth-order valence-corrected chi connectivity index (χ4v) is 5.56. The number of sulfonamides is 1. The highest BCUT2D eigenvalue weighted by molar-refractivity contribution is 7.92. The maximum atomic E-state index is 14.0. The summed E-state index contributed by atoms with van der Waals surface area (Å²) in [6.07, 6.45) is 0.736. The molecule has 3 rings (SSSR count). The Morgan fingerprint density at radius 3 is 2.31 bits per heavy atom. The van der Waals surface area contributed by atoms with Crippen molar-refractivity contribution in [3.05, 3.63) is 88.9 Å². The molecule has 1 atom stereocenters. The average Bonchev–Trinajstić information content (AvgIpc) is 2.94. The number of anilines is 1. The van der Waals surface area contributed by atoms with Gasteiger partial charge in [0.15, 0.2) is 0 Å². The van der Waals surface area contributed by atoms with E-state index < -0.39 is 28.5 Å². The van der Waals surface area contributed by atoms with Gasteiger partial charge in [-0.3, -0.25) is 13.9 Å². The lowest BCUT2D eigenvalue weighted by Gasteiger charge is -2.32. The highest BCUT2D eigenvalue weighted by Gasteiger charge is 2.33. The minimum Gasteiger partial charge on any atom is -0.495 e. The number of amides is 2. The van der Waals surface area contributed by atoms with Crippen molar-refractivity contribution >= 4 is 39.1 Å². The van der Waals surface area contributed by atoms with Gasteiger partial charge in [-0.1, -0.05) is 54.9 Å². The van der Waals surface area contributed by atoms with Crippen LogP contribution in [-0.4, -0.2) is 51.4 Å². The van der Waals surface area contributed by atoms with E-state index in [9.17, 15) is 18.0 Å². The first kappa shape index (κ1) is 30.0. The maximum Gasteiger partial charge on any atom is 0.264 e. The molecule has 208 valence electrons. The van der Waals surface area contributed by atoms with Crippen molar-refractivity contribution in [3.63, 3.8) is 0 Å². The number of ether oxygens (including phenoxy) is 1. The second-order valence-corrected chi connectivity index (χ2v) is 11.4. The van der Waals surface area contributed by atoms with E-state index in [-0.39, 0.29) is 23.0 Å². The Balaban J connectivity index is 2.07. The summed E-state index contributed by atoms with van der Waals surface area (Å²) in [4.78, 5) is 28.3. The van der Waals surface area contributed by atoms with Gasteiger partial charge in [0.2, 0.25) is 11.8 Å². The van der Waals surface area contributed by atoms with E-state index in [1.807, 2.05) is 13.8 Å². The van der Waals surface area contributed by atoms with Crippen molar-refractivity contribution in [1.29, 1.82) is 0 Å². The number of carbonyl (C=O) groups excluding carboxylic acids is 2. The Bertz CT molecular complexity index is 1380. The molecule has 0 heterocycles. The van der Waals surface area contributed by atoms with Crippen LogP contribution in [0.15, 0.2) is 77.7 Å². The third kappa shape index (κ3) is 7.52. The van der Waals surface area contributed by atoms with Gasteiger partial charge in [-0.2, -0.15) is 0 Å². The van der Waals surface area contributed by atoms with Gasteiger partial charge >= 0.3 is 0 Å². The molecule has 8 nitrogen and oxygen atoms in total. The molecule has 1 unspecified atom stereocenters. The summed E-state index contributed by atoms with van der Waals surface area (Å²) in [5.41, 5.74) is 1.76. The molecule has 0 aliphatic carbocycles. The molecule has 39 heavy (non-hydrogen) atoms. The van der Waals surface area contributed by atoms with Gasteiger partial charge in [-0.15, -0.1) is 0 Å². The summed E-state index contributed by atoms with van der Waals surface area (Å²) in [5, 5.41) is 3.36. The second-order valence-electron chi connectivity index (χ2n) is 9.12. The molecule has 0 bridgehead atoms. The molecule has 10 heteroatoms. The van der Waals surface area contributed by atoms with Crippen LogP contribution in [0.25, 0.3) is 0 Å². The van der Waals surface area contributed by atoms with Gasteiger partial charge in [-0.25, -0.2) is 8.42 Å². The monoisotopic (exact) mass is 571 g/mol. The Morgan fingerprint density at radius 1 is 1.03 bits per heavy atom. The van der Waals surface area contributed by atoms with E-state index in [0.717, 1.165) is 21.9 Å². The molecule has 0 radical (unpaired) electrons. The Labute approximate surface area is 235 Å². The lowest BCUT2D eigenvalue weighted by atomic mass is 10.1. The predicted molar refractivity (Wildman–Crippen MR) is 153 cm³/mol. The zero-order valence-electron chi connectivity index (χ0n) is 22.6. The molecule has 0 spiro atoms. The molecular weight excluding hydrogens is 538 g/mol. The van der Waals surface area contributed by atoms with Crippen molar-refractivity contribution < 1.29 is 22.7 Å². The van der Waals surface area contributed by atoms with Crippen LogP contribution in [0.2, 0.25) is 5.02 Å². The molecule has 0 aliphatic heterocycles. The zero-order valence-corrected chi connectivity index (χ0v) is 24.1. The summed E-state index contributed by atoms with van der Waals surface area (Å²) in [7, 11) is -2.74. The number of methoxy groups -OCH3 is 1. The van der Waals surface area contributed by atoms with Crippen molar-refractivity contribution in [2.24, 2.45) is 0 Å².